The number of hydrogen-bond donors (Lipinski definition) is 1. The molecule has 2 saturated heterocycles. The van der Waals surface area contributed by atoms with Gasteiger partial charge in [-0.05, 0) is 56.0 Å². The van der Waals surface area contributed by atoms with Gasteiger partial charge in [0.1, 0.15) is 20.1 Å². The molecule has 18 heteroatoms. The minimum absolute atomic E-state index is 0. The van der Waals surface area contributed by atoms with Crippen molar-refractivity contribution in [3.63, 3.8) is 0 Å². The minimum Gasteiger partial charge on any atom is -0.744 e. The van der Waals surface area contributed by atoms with Crippen LogP contribution in [0.2, 0.25) is 0 Å². The molecule has 10 rings (SSSR count). The number of pyridine rings is 1. The van der Waals surface area contributed by atoms with Gasteiger partial charge in [-0.25, -0.2) is 18.4 Å². The molecule has 8 aromatic rings. The van der Waals surface area contributed by atoms with Crippen molar-refractivity contribution < 1.29 is 47.5 Å². The van der Waals surface area contributed by atoms with Gasteiger partial charge in [0.25, 0.3) is 5.69 Å². The molecule has 2 aliphatic rings. The first kappa shape index (κ1) is 53.2. The maximum atomic E-state index is 10.4. The van der Waals surface area contributed by atoms with Crippen LogP contribution in [-0.2, 0) is 23.2 Å². The van der Waals surface area contributed by atoms with Gasteiger partial charge in [-0.2, -0.15) is 0 Å². The van der Waals surface area contributed by atoms with Crippen molar-refractivity contribution in [3.05, 3.63) is 177 Å². The standard InChI is InChI=1S/C25H26N4S.C22H26N4S.C6H5NO5S.Na/c1-19-10-11-20-9-5-12-26-23(20)24(19)29-14-6-13-28(15-16-29)17-22-18-30-25(27-22)21-7-3-2-4-8-21;1-17-7-5-10-20(23)21(17)26-12-6-11-25(13-14-26)15-19-16-27-22(24-19)18-8-3-2-4-9-18;8-7(9)5-2-1-3-6(4-5)13(10,11)12;/h2-5,7-12,18H,6,13-17H2,1H3;2-5,7-10,16H,6,11-15,23H2,1H3;1-4H,(H,10,11,12);/q;;;+1/p-1. The normalized spacial score (nSPS) is 14.5. The van der Waals surface area contributed by atoms with E-state index in [-0.39, 0.29) is 29.6 Å². The number of nitro groups is 1. The van der Waals surface area contributed by atoms with Gasteiger partial charge in [0.05, 0.1) is 43.8 Å². The number of anilines is 3. The van der Waals surface area contributed by atoms with Crippen LogP contribution in [0.25, 0.3) is 32.0 Å². The average molecular weight is 1020 g/mol. The minimum atomic E-state index is -4.61. The predicted octanol–water partition coefficient (Wildman–Crippen LogP) is 7.29. The topological polar surface area (TPSA) is 178 Å². The van der Waals surface area contributed by atoms with E-state index in [2.05, 4.69) is 117 Å². The summed E-state index contributed by atoms with van der Waals surface area (Å²) in [6, 6.07) is 39.6. The molecule has 2 aliphatic heterocycles. The number of nitrogens with zero attached hydrogens (tertiary/aromatic N) is 8. The third kappa shape index (κ3) is 14.3. The van der Waals surface area contributed by atoms with Crippen LogP contribution in [0.4, 0.5) is 22.7 Å². The average Bonchev–Trinajstić information content (AvgIpc) is 3.91. The molecule has 3 aromatic heterocycles. The fourth-order valence-electron chi connectivity index (χ4n) is 8.85. The molecule has 5 heterocycles. The Kier molecular flexibility index (Phi) is 18.9. The number of non-ortho nitro benzene ring substituents is 1. The maximum Gasteiger partial charge on any atom is 1.00 e. The van der Waals surface area contributed by atoms with Crippen molar-refractivity contribution in [2.45, 2.75) is 44.7 Å². The molecule has 0 unspecified atom stereocenters. The zero-order valence-electron chi connectivity index (χ0n) is 40.3. The largest absolute Gasteiger partial charge is 1.00 e. The molecule has 0 saturated carbocycles. The number of nitrogen functional groups attached to an aromatic ring is 1. The van der Waals surface area contributed by atoms with Crippen LogP contribution in [0, 0.1) is 24.0 Å². The summed E-state index contributed by atoms with van der Waals surface area (Å²) >= 11 is 3.47. The van der Waals surface area contributed by atoms with Gasteiger partial charge < -0.3 is 20.1 Å². The van der Waals surface area contributed by atoms with Gasteiger partial charge in [-0.15, -0.1) is 22.7 Å². The first-order valence-electron chi connectivity index (χ1n) is 23.2. The van der Waals surface area contributed by atoms with Gasteiger partial charge in [0.2, 0.25) is 0 Å². The molecule has 71 heavy (non-hydrogen) atoms. The van der Waals surface area contributed by atoms with Crippen LogP contribution >= 0.6 is 22.7 Å². The van der Waals surface area contributed by atoms with Crippen molar-refractivity contribution in [3.8, 4) is 21.1 Å². The Morgan fingerprint density at radius 3 is 1.73 bits per heavy atom. The second-order valence-corrected chi connectivity index (χ2v) is 20.4. The van der Waals surface area contributed by atoms with E-state index in [0.29, 0.717) is 0 Å². The number of para-hydroxylation sites is 1. The van der Waals surface area contributed by atoms with Crippen molar-refractivity contribution in [2.75, 3.05) is 67.9 Å². The Morgan fingerprint density at radius 1 is 0.634 bits per heavy atom. The van der Waals surface area contributed by atoms with Gasteiger partial charge in [0.15, 0.2) is 0 Å². The molecular weight excluding hydrogens is 962 g/mol. The van der Waals surface area contributed by atoms with Crippen molar-refractivity contribution in [1.29, 1.82) is 0 Å². The Labute approximate surface area is 446 Å². The number of nitrogens with two attached hydrogens (primary N) is 1. The summed E-state index contributed by atoms with van der Waals surface area (Å²) < 4.78 is 31.3. The molecule has 2 fully saturated rings. The predicted molar refractivity (Wildman–Crippen MR) is 282 cm³/mol. The van der Waals surface area contributed by atoms with E-state index >= 15 is 0 Å². The fraction of sp³-hybridized carbons (Fsp3) is 0.264. The van der Waals surface area contributed by atoms with E-state index in [4.69, 9.17) is 20.7 Å². The maximum absolute atomic E-state index is 10.4. The molecule has 0 amide bonds. The summed E-state index contributed by atoms with van der Waals surface area (Å²) in [5.74, 6) is 0. The summed E-state index contributed by atoms with van der Waals surface area (Å²) in [6.07, 6.45) is 4.20. The molecule has 2 N–H and O–H groups in total. The van der Waals surface area contributed by atoms with Crippen molar-refractivity contribution in [1.82, 2.24) is 24.8 Å². The molecule has 14 nitrogen and oxygen atoms in total. The van der Waals surface area contributed by atoms with Crippen LogP contribution in [0.1, 0.15) is 35.4 Å². The number of rotatable bonds is 10. The van der Waals surface area contributed by atoms with Crippen LogP contribution < -0.4 is 45.1 Å². The second kappa shape index (κ2) is 25.2. The summed E-state index contributed by atoms with van der Waals surface area (Å²) in [6.45, 7) is 14.6. The van der Waals surface area contributed by atoms with Crippen LogP contribution in [-0.4, -0.2) is 95.0 Å². The Hall–Kier alpha value is -5.60. The monoisotopic (exact) mass is 1020 g/mol. The Bertz CT molecular complexity index is 3100. The van der Waals surface area contributed by atoms with E-state index in [1.807, 2.05) is 36.5 Å². The molecule has 0 spiro atoms. The first-order chi connectivity index (χ1) is 33.9. The number of thiazole rings is 2. The van der Waals surface area contributed by atoms with Crippen LogP contribution in [0.15, 0.2) is 149 Å². The molecule has 0 atom stereocenters. The number of aryl methyl sites for hydroxylation is 2. The zero-order valence-corrected chi connectivity index (χ0v) is 44.7. The van der Waals surface area contributed by atoms with Crippen LogP contribution in [0.5, 0.6) is 0 Å². The smallest absolute Gasteiger partial charge is 0.744 e. The molecule has 362 valence electrons. The van der Waals surface area contributed by atoms with E-state index in [0.717, 1.165) is 124 Å². The second-order valence-electron chi connectivity index (χ2n) is 17.3. The molecule has 0 bridgehead atoms. The number of fused-ring (bicyclic) bond motifs is 1. The van der Waals surface area contributed by atoms with E-state index in [1.54, 1.807) is 22.7 Å². The number of nitro benzene ring substituents is 1. The van der Waals surface area contributed by atoms with E-state index in [1.165, 1.54) is 50.4 Å². The third-order valence-electron chi connectivity index (χ3n) is 12.3. The summed E-state index contributed by atoms with van der Waals surface area (Å²) in [7, 11) is -4.61. The van der Waals surface area contributed by atoms with Crippen molar-refractivity contribution in [2.24, 2.45) is 0 Å². The fourth-order valence-corrected chi connectivity index (χ4v) is 11.0. The Morgan fingerprint density at radius 2 is 1.18 bits per heavy atom. The quantitative estimate of drug-likeness (QED) is 0.0475. The van der Waals surface area contributed by atoms with Gasteiger partial charge >= 0.3 is 29.6 Å². The van der Waals surface area contributed by atoms with E-state index in [9.17, 15) is 23.1 Å². The molecular formula is C53H56N9NaO5S3. The summed E-state index contributed by atoms with van der Waals surface area (Å²) in [5, 5.41) is 18.0. The van der Waals surface area contributed by atoms with Crippen LogP contribution in [0.3, 0.4) is 0 Å². The number of aromatic nitrogens is 3. The first-order valence-corrected chi connectivity index (χ1v) is 26.4. The zero-order chi connectivity index (χ0) is 49.0. The van der Waals surface area contributed by atoms with Crippen molar-refractivity contribution >= 4 is 66.4 Å². The SMILES string of the molecule is Cc1ccc2cccnc2c1N1CCCN(Cc2csc(-c3ccccc3)n2)CC1.Cc1cccc(N)c1N1CCCN(Cc2csc(-c3ccccc3)n2)CC1.O=[N+]([O-])c1cccc(S(=O)(=O)[O-])c1.[Na+]. The molecule has 5 aromatic carbocycles. The van der Waals surface area contributed by atoms with Gasteiger partial charge in [-0.3, -0.25) is 24.9 Å². The summed E-state index contributed by atoms with van der Waals surface area (Å²) in [5.41, 5.74) is 17.7. The molecule has 0 radical (unpaired) electrons. The molecule has 0 aliphatic carbocycles. The van der Waals surface area contributed by atoms with Gasteiger partial charge in [0, 0.05) is 111 Å². The summed E-state index contributed by atoms with van der Waals surface area (Å²) in [4.78, 5) is 33.3. The third-order valence-corrected chi connectivity index (χ3v) is 15.0. The number of hydrogen-bond acceptors (Lipinski definition) is 15. The van der Waals surface area contributed by atoms with Gasteiger partial charge in [-0.1, -0.05) is 97.1 Å². The Balaban J connectivity index is 0.000000167. The number of benzene rings is 5. The van der Waals surface area contributed by atoms with E-state index < -0.39 is 25.6 Å².